The highest BCUT2D eigenvalue weighted by molar-refractivity contribution is 7.89. The number of sulfonamides is 1. The molecule has 0 aliphatic heterocycles. The molecule has 3 aromatic rings. The standard InChI is InChI=1S/C21H23ClN4O5S2/c1-23-21-25-16(12-32-21)13-5-7-17(30-3)15(9-13)24-20(27)11-26(2)33(28,29)19-10-14(22)6-8-18(19)31-4/h5-10,12H,11H2,1-4H3,(H,23,25)(H,24,27). The SMILES string of the molecule is CNc1nc(-c2ccc(OC)c(NC(=O)CN(C)S(=O)(=O)c3cc(Cl)ccc3OC)c2)cs1. The highest BCUT2D eigenvalue weighted by Gasteiger charge is 2.27. The maximum Gasteiger partial charge on any atom is 0.247 e. The molecule has 12 heteroatoms. The molecule has 1 heterocycles. The van der Waals surface area contributed by atoms with Crippen molar-refractivity contribution in [3.8, 4) is 22.8 Å². The average Bonchev–Trinajstić information content (AvgIpc) is 3.28. The van der Waals surface area contributed by atoms with Crippen molar-refractivity contribution in [3.05, 3.63) is 46.8 Å². The van der Waals surface area contributed by atoms with Crippen LogP contribution in [0.2, 0.25) is 5.02 Å². The molecule has 0 bridgehead atoms. The van der Waals surface area contributed by atoms with E-state index in [0.29, 0.717) is 11.4 Å². The van der Waals surface area contributed by atoms with Gasteiger partial charge in [-0.15, -0.1) is 11.3 Å². The molecule has 176 valence electrons. The normalized spacial score (nSPS) is 11.3. The zero-order valence-corrected chi connectivity index (χ0v) is 20.8. The molecule has 0 saturated carbocycles. The number of likely N-dealkylation sites (N-methyl/N-ethyl adjacent to an activating group) is 1. The molecular weight excluding hydrogens is 488 g/mol. The minimum atomic E-state index is -4.04. The molecular formula is C21H23ClN4O5S2. The first kappa shape index (κ1) is 24.8. The quantitative estimate of drug-likeness (QED) is 0.450. The summed E-state index contributed by atoms with van der Waals surface area (Å²) in [7, 11) is 1.88. The van der Waals surface area contributed by atoms with Gasteiger partial charge in [0, 0.05) is 30.1 Å². The molecule has 3 rings (SSSR count). The van der Waals surface area contributed by atoms with E-state index in [1.165, 1.54) is 50.8 Å². The maximum absolute atomic E-state index is 13.0. The number of methoxy groups -OCH3 is 2. The van der Waals surface area contributed by atoms with Gasteiger partial charge in [-0.05, 0) is 36.4 Å². The number of hydrogen-bond donors (Lipinski definition) is 2. The van der Waals surface area contributed by atoms with Gasteiger partial charge in [0.05, 0.1) is 32.1 Å². The number of hydrogen-bond acceptors (Lipinski definition) is 8. The van der Waals surface area contributed by atoms with E-state index in [1.807, 2.05) is 11.4 Å². The van der Waals surface area contributed by atoms with Crippen molar-refractivity contribution >= 4 is 49.7 Å². The summed E-state index contributed by atoms with van der Waals surface area (Å²) in [6.45, 7) is -0.439. The molecule has 2 N–H and O–H groups in total. The molecule has 0 spiro atoms. The minimum absolute atomic E-state index is 0.128. The summed E-state index contributed by atoms with van der Waals surface area (Å²) in [5.74, 6) is 0.00938. The highest BCUT2D eigenvalue weighted by Crippen LogP contribution is 2.33. The maximum atomic E-state index is 13.0. The molecule has 1 aromatic heterocycles. The van der Waals surface area contributed by atoms with Crippen molar-refractivity contribution in [2.75, 3.05) is 45.5 Å². The first-order valence-corrected chi connectivity index (χ1v) is 12.3. The summed E-state index contributed by atoms with van der Waals surface area (Å²) in [6.07, 6.45) is 0. The van der Waals surface area contributed by atoms with Crippen LogP contribution in [0.3, 0.4) is 0 Å². The van der Waals surface area contributed by atoms with Gasteiger partial charge in [-0.1, -0.05) is 11.6 Å². The van der Waals surface area contributed by atoms with Gasteiger partial charge < -0.3 is 20.1 Å². The van der Waals surface area contributed by atoms with Crippen molar-refractivity contribution in [1.29, 1.82) is 0 Å². The summed E-state index contributed by atoms with van der Waals surface area (Å²) < 4.78 is 37.4. The molecule has 2 aromatic carbocycles. The fraction of sp³-hybridized carbons (Fsp3) is 0.238. The Morgan fingerprint density at radius 1 is 1.15 bits per heavy atom. The lowest BCUT2D eigenvalue weighted by Crippen LogP contribution is -2.35. The van der Waals surface area contributed by atoms with Crippen molar-refractivity contribution in [3.63, 3.8) is 0 Å². The van der Waals surface area contributed by atoms with Gasteiger partial charge in [-0.3, -0.25) is 4.79 Å². The molecule has 0 radical (unpaired) electrons. The second kappa shape index (κ2) is 10.4. The number of nitrogens with one attached hydrogen (secondary N) is 2. The van der Waals surface area contributed by atoms with E-state index >= 15 is 0 Å². The Hall–Kier alpha value is -2.86. The number of aromatic nitrogens is 1. The van der Waals surface area contributed by atoms with Gasteiger partial charge in [0.15, 0.2) is 5.13 Å². The second-order valence-corrected chi connectivity index (χ2v) is 10.1. The third-order valence-electron chi connectivity index (χ3n) is 4.67. The molecule has 33 heavy (non-hydrogen) atoms. The van der Waals surface area contributed by atoms with Gasteiger partial charge in [0.1, 0.15) is 16.4 Å². The van der Waals surface area contributed by atoms with E-state index in [4.69, 9.17) is 21.1 Å². The highest BCUT2D eigenvalue weighted by atomic mass is 35.5. The number of carbonyl (C=O) groups is 1. The van der Waals surface area contributed by atoms with Crippen LogP contribution < -0.4 is 20.1 Å². The number of thiazole rings is 1. The number of nitrogens with zero attached hydrogens (tertiary/aromatic N) is 2. The predicted octanol–water partition coefficient (Wildman–Crippen LogP) is 3.78. The summed E-state index contributed by atoms with van der Waals surface area (Å²) in [5.41, 5.74) is 1.90. The topological polar surface area (TPSA) is 110 Å². The van der Waals surface area contributed by atoms with Crippen LogP contribution >= 0.6 is 22.9 Å². The molecule has 0 aliphatic carbocycles. The van der Waals surface area contributed by atoms with E-state index < -0.39 is 22.5 Å². The molecule has 0 unspecified atom stereocenters. The zero-order chi connectivity index (χ0) is 24.2. The smallest absolute Gasteiger partial charge is 0.247 e. The van der Waals surface area contributed by atoms with Crippen molar-refractivity contribution in [1.82, 2.24) is 9.29 Å². The number of ether oxygens (including phenoxy) is 2. The van der Waals surface area contributed by atoms with Crippen LogP contribution in [0.1, 0.15) is 0 Å². The lowest BCUT2D eigenvalue weighted by atomic mass is 10.1. The molecule has 1 amide bonds. The summed E-state index contributed by atoms with van der Waals surface area (Å²) in [6, 6.07) is 9.51. The second-order valence-electron chi connectivity index (χ2n) is 6.81. The third-order valence-corrected chi connectivity index (χ3v) is 7.59. The Kier molecular flexibility index (Phi) is 7.80. The minimum Gasteiger partial charge on any atom is -0.495 e. The van der Waals surface area contributed by atoms with E-state index in [2.05, 4.69) is 15.6 Å². The lowest BCUT2D eigenvalue weighted by molar-refractivity contribution is -0.116. The van der Waals surface area contributed by atoms with Gasteiger partial charge >= 0.3 is 0 Å². The Bertz CT molecular complexity index is 1260. The number of anilines is 2. The Labute approximate surface area is 201 Å². The number of amides is 1. The fourth-order valence-corrected chi connectivity index (χ4v) is 5.21. The number of halogens is 1. The predicted molar refractivity (Wildman–Crippen MR) is 130 cm³/mol. The summed E-state index contributed by atoms with van der Waals surface area (Å²) >= 11 is 7.42. The summed E-state index contributed by atoms with van der Waals surface area (Å²) in [4.78, 5) is 17.1. The van der Waals surface area contributed by atoms with Crippen LogP contribution in [0, 0.1) is 0 Å². The van der Waals surface area contributed by atoms with Gasteiger partial charge in [0.25, 0.3) is 0 Å². The van der Waals surface area contributed by atoms with E-state index in [-0.39, 0.29) is 15.7 Å². The van der Waals surface area contributed by atoms with Crippen LogP contribution in [-0.2, 0) is 14.8 Å². The first-order chi connectivity index (χ1) is 15.7. The first-order valence-electron chi connectivity index (χ1n) is 9.61. The molecule has 0 fully saturated rings. The number of rotatable bonds is 9. The van der Waals surface area contributed by atoms with Crippen LogP contribution in [0.5, 0.6) is 11.5 Å². The van der Waals surface area contributed by atoms with Crippen molar-refractivity contribution < 1.29 is 22.7 Å². The average molecular weight is 511 g/mol. The molecule has 0 atom stereocenters. The van der Waals surface area contributed by atoms with Gasteiger partial charge in [-0.25, -0.2) is 13.4 Å². The van der Waals surface area contributed by atoms with Crippen molar-refractivity contribution in [2.24, 2.45) is 0 Å². The van der Waals surface area contributed by atoms with E-state index in [9.17, 15) is 13.2 Å². The monoisotopic (exact) mass is 510 g/mol. The lowest BCUT2D eigenvalue weighted by Gasteiger charge is -2.19. The largest absolute Gasteiger partial charge is 0.495 e. The Morgan fingerprint density at radius 3 is 2.48 bits per heavy atom. The van der Waals surface area contributed by atoms with E-state index in [1.54, 1.807) is 19.2 Å². The number of benzene rings is 2. The Morgan fingerprint density at radius 2 is 1.85 bits per heavy atom. The molecule has 9 nitrogen and oxygen atoms in total. The number of carbonyl (C=O) groups excluding carboxylic acids is 1. The van der Waals surface area contributed by atoms with Gasteiger partial charge in [-0.2, -0.15) is 4.31 Å². The summed E-state index contributed by atoms with van der Waals surface area (Å²) in [5, 5.41) is 8.58. The zero-order valence-electron chi connectivity index (χ0n) is 18.4. The van der Waals surface area contributed by atoms with Gasteiger partial charge in [0.2, 0.25) is 15.9 Å². The fourth-order valence-electron chi connectivity index (χ4n) is 2.98. The van der Waals surface area contributed by atoms with Crippen LogP contribution in [0.4, 0.5) is 10.8 Å². The van der Waals surface area contributed by atoms with Crippen LogP contribution in [0.15, 0.2) is 46.7 Å². The van der Waals surface area contributed by atoms with E-state index in [0.717, 1.165) is 20.7 Å². The molecule has 0 saturated heterocycles. The van der Waals surface area contributed by atoms with Crippen LogP contribution in [0.25, 0.3) is 11.3 Å². The molecule has 0 aliphatic rings. The van der Waals surface area contributed by atoms with Crippen LogP contribution in [-0.4, -0.2) is 58.5 Å². The third kappa shape index (κ3) is 5.56. The Balaban J connectivity index is 1.81. The van der Waals surface area contributed by atoms with Crippen molar-refractivity contribution in [2.45, 2.75) is 4.90 Å².